The van der Waals surface area contributed by atoms with Crippen LogP contribution in [0, 0.1) is 0 Å². The normalized spacial score (nSPS) is 15.6. The van der Waals surface area contributed by atoms with Crippen molar-refractivity contribution in [3.05, 3.63) is 35.5 Å². The first-order valence-electron chi connectivity index (χ1n) is 6.63. The third-order valence-electron chi connectivity index (χ3n) is 3.50. The van der Waals surface area contributed by atoms with Crippen molar-refractivity contribution in [2.24, 2.45) is 0 Å². The number of ether oxygens (including phenoxy) is 1. The predicted molar refractivity (Wildman–Crippen MR) is 86.1 cm³/mol. The van der Waals surface area contributed by atoms with Gasteiger partial charge in [0, 0.05) is 29.9 Å². The van der Waals surface area contributed by atoms with E-state index in [4.69, 9.17) is 16.3 Å². The molecule has 0 atom stereocenters. The molecule has 1 saturated heterocycles. The van der Waals surface area contributed by atoms with Crippen molar-refractivity contribution in [1.82, 2.24) is 4.98 Å². The van der Waals surface area contributed by atoms with Gasteiger partial charge in [0.05, 0.1) is 23.9 Å². The van der Waals surface area contributed by atoms with E-state index in [1.54, 1.807) is 11.8 Å². The second-order valence-corrected chi connectivity index (χ2v) is 5.94. The summed E-state index contributed by atoms with van der Waals surface area (Å²) in [5, 5.41) is 1.97. The number of aromatic nitrogens is 1. The Hall–Kier alpha value is -1.10. The van der Waals surface area contributed by atoms with Crippen LogP contribution >= 0.6 is 23.4 Å². The lowest BCUT2D eigenvalue weighted by molar-refractivity contribution is 0.122. The molecule has 2 aromatic rings. The summed E-state index contributed by atoms with van der Waals surface area (Å²) in [7, 11) is 0. The van der Waals surface area contributed by atoms with Crippen molar-refractivity contribution in [1.29, 1.82) is 0 Å². The molecule has 5 heteroatoms. The van der Waals surface area contributed by atoms with Crippen LogP contribution in [-0.2, 0) is 4.74 Å². The van der Waals surface area contributed by atoms with E-state index in [1.165, 1.54) is 21.8 Å². The largest absolute Gasteiger partial charge is 0.378 e. The zero-order valence-corrected chi connectivity index (χ0v) is 12.9. The van der Waals surface area contributed by atoms with Gasteiger partial charge >= 0.3 is 0 Å². The topological polar surface area (TPSA) is 28.3 Å². The van der Waals surface area contributed by atoms with Gasteiger partial charge in [0.15, 0.2) is 0 Å². The fourth-order valence-corrected chi connectivity index (χ4v) is 3.24. The number of hydrogen-bond donors (Lipinski definition) is 1. The van der Waals surface area contributed by atoms with Crippen molar-refractivity contribution in [3.63, 3.8) is 0 Å². The first kappa shape index (κ1) is 13.9. The number of anilines is 1. The van der Waals surface area contributed by atoms with Crippen LogP contribution in [0.25, 0.3) is 11.1 Å². The molecule has 1 fully saturated rings. The average molecular weight is 309 g/mol. The fourth-order valence-electron chi connectivity index (χ4n) is 2.50. The van der Waals surface area contributed by atoms with E-state index < -0.39 is 0 Å². The standard InChI is InChI=1S/C15H17ClN2OS/c1-20-15-14(18-6-8-19-9-7-18)13(10-17-15)11-2-4-12(16)5-3-11/h2-5,10,17H,6-9H2,1H3. The molecule has 1 N–H and O–H groups in total. The highest BCUT2D eigenvalue weighted by Crippen LogP contribution is 2.38. The summed E-state index contributed by atoms with van der Waals surface area (Å²) in [6.07, 6.45) is 4.18. The maximum absolute atomic E-state index is 5.98. The second kappa shape index (κ2) is 6.12. The van der Waals surface area contributed by atoms with Gasteiger partial charge in [-0.2, -0.15) is 0 Å². The Morgan fingerprint density at radius 2 is 1.90 bits per heavy atom. The van der Waals surface area contributed by atoms with Gasteiger partial charge in [-0.05, 0) is 24.0 Å². The minimum Gasteiger partial charge on any atom is -0.378 e. The molecular weight excluding hydrogens is 292 g/mol. The van der Waals surface area contributed by atoms with Gasteiger partial charge in [-0.25, -0.2) is 0 Å². The molecule has 0 amide bonds. The molecule has 3 rings (SSSR count). The number of nitrogens with one attached hydrogen (secondary N) is 1. The lowest BCUT2D eigenvalue weighted by Crippen LogP contribution is -2.36. The molecule has 3 nitrogen and oxygen atoms in total. The number of nitrogens with zero attached hydrogens (tertiary/aromatic N) is 1. The Morgan fingerprint density at radius 1 is 1.20 bits per heavy atom. The predicted octanol–water partition coefficient (Wildman–Crippen LogP) is 3.89. The van der Waals surface area contributed by atoms with Crippen LogP contribution in [0.1, 0.15) is 0 Å². The molecule has 0 unspecified atom stereocenters. The number of benzene rings is 1. The van der Waals surface area contributed by atoms with Gasteiger partial charge in [0.25, 0.3) is 0 Å². The second-order valence-electron chi connectivity index (χ2n) is 4.69. The molecule has 0 bridgehead atoms. The highest BCUT2D eigenvalue weighted by atomic mass is 35.5. The lowest BCUT2D eigenvalue weighted by atomic mass is 10.1. The monoisotopic (exact) mass is 308 g/mol. The van der Waals surface area contributed by atoms with E-state index in [2.05, 4.69) is 34.5 Å². The van der Waals surface area contributed by atoms with Crippen LogP contribution in [0.15, 0.2) is 35.5 Å². The number of aromatic amines is 1. The van der Waals surface area contributed by atoms with Gasteiger partial charge in [0.2, 0.25) is 0 Å². The number of thioether (sulfide) groups is 1. The van der Waals surface area contributed by atoms with Gasteiger partial charge in [-0.1, -0.05) is 23.7 Å². The van der Waals surface area contributed by atoms with Gasteiger partial charge < -0.3 is 14.6 Å². The number of hydrogen-bond acceptors (Lipinski definition) is 3. The maximum Gasteiger partial charge on any atom is 0.0964 e. The number of halogens is 1. The Kier molecular flexibility index (Phi) is 4.24. The van der Waals surface area contributed by atoms with E-state index >= 15 is 0 Å². The zero-order chi connectivity index (χ0) is 13.9. The van der Waals surface area contributed by atoms with Crippen LogP contribution in [-0.4, -0.2) is 37.5 Å². The quantitative estimate of drug-likeness (QED) is 0.872. The van der Waals surface area contributed by atoms with Crippen LogP contribution < -0.4 is 4.90 Å². The highest BCUT2D eigenvalue weighted by molar-refractivity contribution is 7.98. The Morgan fingerprint density at radius 3 is 2.55 bits per heavy atom. The van der Waals surface area contributed by atoms with Gasteiger partial charge in [-0.3, -0.25) is 0 Å². The number of rotatable bonds is 3. The van der Waals surface area contributed by atoms with E-state index in [0.29, 0.717) is 0 Å². The molecule has 1 aliphatic heterocycles. The van der Waals surface area contributed by atoms with Crippen molar-refractivity contribution in [2.45, 2.75) is 5.03 Å². The molecule has 1 aromatic carbocycles. The van der Waals surface area contributed by atoms with Crippen LogP contribution in [0.5, 0.6) is 0 Å². The van der Waals surface area contributed by atoms with Crippen molar-refractivity contribution in [2.75, 3.05) is 37.5 Å². The van der Waals surface area contributed by atoms with Crippen LogP contribution in [0.2, 0.25) is 5.02 Å². The summed E-state index contributed by atoms with van der Waals surface area (Å²) in [5.74, 6) is 0. The molecule has 0 saturated carbocycles. The molecule has 0 radical (unpaired) electrons. The molecule has 20 heavy (non-hydrogen) atoms. The number of H-pyrrole nitrogens is 1. The SMILES string of the molecule is CSc1[nH]cc(-c2ccc(Cl)cc2)c1N1CCOCC1. The van der Waals surface area contributed by atoms with Gasteiger partial charge in [0.1, 0.15) is 0 Å². The summed E-state index contributed by atoms with van der Waals surface area (Å²) >= 11 is 7.72. The molecule has 1 aromatic heterocycles. The van der Waals surface area contributed by atoms with E-state index in [0.717, 1.165) is 31.3 Å². The minimum absolute atomic E-state index is 0.766. The highest BCUT2D eigenvalue weighted by Gasteiger charge is 2.20. The summed E-state index contributed by atoms with van der Waals surface area (Å²) in [6.45, 7) is 3.45. The average Bonchev–Trinajstić information content (AvgIpc) is 2.93. The van der Waals surface area contributed by atoms with Crippen LogP contribution in [0.3, 0.4) is 0 Å². The van der Waals surface area contributed by atoms with Gasteiger partial charge in [-0.15, -0.1) is 11.8 Å². The van der Waals surface area contributed by atoms with Crippen molar-refractivity contribution < 1.29 is 4.74 Å². The van der Waals surface area contributed by atoms with E-state index in [9.17, 15) is 0 Å². The molecule has 0 spiro atoms. The first-order chi connectivity index (χ1) is 9.79. The Balaban J connectivity index is 2.02. The lowest BCUT2D eigenvalue weighted by Gasteiger charge is -2.30. The van der Waals surface area contributed by atoms with E-state index in [-0.39, 0.29) is 0 Å². The Bertz CT molecular complexity index is 576. The summed E-state index contributed by atoms with van der Waals surface area (Å²) in [6, 6.07) is 8.01. The smallest absolute Gasteiger partial charge is 0.0964 e. The minimum atomic E-state index is 0.766. The first-order valence-corrected chi connectivity index (χ1v) is 8.24. The maximum atomic E-state index is 5.98. The molecule has 1 aliphatic rings. The Labute approximate surface area is 128 Å². The molecule has 106 valence electrons. The molecule has 2 heterocycles. The van der Waals surface area contributed by atoms with E-state index in [1.807, 2.05) is 12.1 Å². The zero-order valence-electron chi connectivity index (χ0n) is 11.4. The van der Waals surface area contributed by atoms with Crippen LogP contribution in [0.4, 0.5) is 5.69 Å². The summed E-state index contributed by atoms with van der Waals surface area (Å²) in [5.41, 5.74) is 3.70. The third-order valence-corrected chi connectivity index (χ3v) is 4.48. The third kappa shape index (κ3) is 2.68. The molecule has 0 aliphatic carbocycles. The number of morpholine rings is 1. The van der Waals surface area contributed by atoms with Crippen molar-refractivity contribution >= 4 is 29.1 Å². The van der Waals surface area contributed by atoms with Crippen molar-refractivity contribution in [3.8, 4) is 11.1 Å². The summed E-state index contributed by atoms with van der Waals surface area (Å²) < 4.78 is 5.46. The summed E-state index contributed by atoms with van der Waals surface area (Å²) in [4.78, 5) is 5.78. The molecular formula is C15H17ClN2OS. The fraction of sp³-hybridized carbons (Fsp3) is 0.333.